The standard InChI is InChI=1S/C28H22N2O6/c1-16-7-12-23(35-3)22(13-16)26(32)24-25(19-5-4-6-21(14-19)36-17(2)31)30(28(34)27(24)33)20-10-8-18(15-29)9-11-20/h4-14,25,32H,1-3H3/b26-24+. The first-order valence-corrected chi connectivity index (χ1v) is 11.0. The number of ketones is 1. The summed E-state index contributed by atoms with van der Waals surface area (Å²) in [7, 11) is 1.44. The van der Waals surface area contributed by atoms with Gasteiger partial charge in [-0.25, -0.2) is 0 Å². The van der Waals surface area contributed by atoms with Crippen LogP contribution in [0.2, 0.25) is 0 Å². The molecule has 0 aliphatic carbocycles. The van der Waals surface area contributed by atoms with E-state index in [-0.39, 0.29) is 16.9 Å². The molecular formula is C28H22N2O6. The summed E-state index contributed by atoms with van der Waals surface area (Å²) in [5.41, 5.74) is 2.10. The monoisotopic (exact) mass is 482 g/mol. The summed E-state index contributed by atoms with van der Waals surface area (Å²) in [6.45, 7) is 3.09. The van der Waals surface area contributed by atoms with Crippen LogP contribution in [0.4, 0.5) is 5.69 Å². The number of nitriles is 1. The highest BCUT2D eigenvalue weighted by molar-refractivity contribution is 6.51. The lowest BCUT2D eigenvalue weighted by Crippen LogP contribution is -2.29. The van der Waals surface area contributed by atoms with Crippen LogP contribution in [-0.4, -0.2) is 29.9 Å². The van der Waals surface area contributed by atoms with Crippen molar-refractivity contribution in [2.24, 2.45) is 0 Å². The molecule has 1 amide bonds. The molecule has 1 unspecified atom stereocenters. The number of nitrogens with zero attached hydrogens (tertiary/aromatic N) is 2. The average Bonchev–Trinajstić information content (AvgIpc) is 3.13. The fraction of sp³-hybridized carbons (Fsp3) is 0.143. The molecule has 4 rings (SSSR count). The molecule has 0 saturated carbocycles. The Morgan fingerprint density at radius 2 is 1.78 bits per heavy atom. The van der Waals surface area contributed by atoms with Crippen molar-refractivity contribution in [1.29, 1.82) is 5.26 Å². The number of esters is 1. The van der Waals surface area contributed by atoms with Crippen LogP contribution in [0.1, 0.15) is 35.2 Å². The lowest BCUT2D eigenvalue weighted by Gasteiger charge is -2.26. The van der Waals surface area contributed by atoms with Crippen molar-refractivity contribution in [2.45, 2.75) is 19.9 Å². The fourth-order valence-corrected chi connectivity index (χ4v) is 4.18. The van der Waals surface area contributed by atoms with Gasteiger partial charge in [-0.2, -0.15) is 5.26 Å². The van der Waals surface area contributed by atoms with Gasteiger partial charge in [0.05, 0.1) is 35.9 Å². The second-order valence-electron chi connectivity index (χ2n) is 8.20. The Labute approximate surface area is 207 Å². The average molecular weight is 482 g/mol. The second-order valence-corrected chi connectivity index (χ2v) is 8.20. The molecule has 1 N–H and O–H groups in total. The van der Waals surface area contributed by atoms with Gasteiger partial charge in [0, 0.05) is 12.6 Å². The van der Waals surface area contributed by atoms with E-state index in [2.05, 4.69) is 0 Å². The van der Waals surface area contributed by atoms with Gasteiger partial charge in [-0.1, -0.05) is 23.8 Å². The molecular weight excluding hydrogens is 460 g/mol. The van der Waals surface area contributed by atoms with E-state index in [1.54, 1.807) is 48.5 Å². The van der Waals surface area contributed by atoms with E-state index >= 15 is 0 Å². The predicted octanol–water partition coefficient (Wildman–Crippen LogP) is 4.43. The predicted molar refractivity (Wildman–Crippen MR) is 131 cm³/mol. The third-order valence-corrected chi connectivity index (χ3v) is 5.76. The number of anilines is 1. The molecule has 0 radical (unpaired) electrons. The Morgan fingerprint density at radius 1 is 1.06 bits per heavy atom. The number of aryl methyl sites for hydroxylation is 1. The summed E-state index contributed by atoms with van der Waals surface area (Å²) in [4.78, 5) is 39.5. The minimum atomic E-state index is -1.04. The summed E-state index contributed by atoms with van der Waals surface area (Å²) in [5.74, 6) is -2.11. The first-order valence-electron chi connectivity index (χ1n) is 11.0. The largest absolute Gasteiger partial charge is 0.507 e. The molecule has 0 aromatic heterocycles. The normalized spacial score (nSPS) is 16.5. The number of Topliss-reactive ketones (excluding diaryl/α,β-unsaturated/α-hetero) is 1. The lowest BCUT2D eigenvalue weighted by atomic mass is 9.94. The van der Waals surface area contributed by atoms with E-state index in [0.717, 1.165) is 5.56 Å². The number of hydrogen-bond donors (Lipinski definition) is 1. The minimum Gasteiger partial charge on any atom is -0.507 e. The van der Waals surface area contributed by atoms with Crippen molar-refractivity contribution in [3.63, 3.8) is 0 Å². The maximum absolute atomic E-state index is 13.4. The Bertz CT molecular complexity index is 1450. The molecule has 3 aromatic rings. The van der Waals surface area contributed by atoms with Gasteiger partial charge in [0.15, 0.2) is 0 Å². The van der Waals surface area contributed by atoms with Crippen molar-refractivity contribution >= 4 is 29.1 Å². The van der Waals surface area contributed by atoms with Crippen LogP contribution in [0.5, 0.6) is 11.5 Å². The molecule has 1 saturated heterocycles. The van der Waals surface area contributed by atoms with Crippen molar-refractivity contribution < 1.29 is 29.0 Å². The molecule has 8 heteroatoms. The number of amides is 1. The van der Waals surface area contributed by atoms with Gasteiger partial charge in [0.25, 0.3) is 11.7 Å². The lowest BCUT2D eigenvalue weighted by molar-refractivity contribution is -0.132. The molecule has 8 nitrogen and oxygen atoms in total. The van der Waals surface area contributed by atoms with Gasteiger partial charge >= 0.3 is 5.97 Å². The number of aliphatic hydroxyl groups excluding tert-OH is 1. The Kier molecular flexibility index (Phi) is 6.57. The summed E-state index contributed by atoms with van der Waals surface area (Å²) in [5, 5.41) is 20.6. The minimum absolute atomic E-state index is 0.145. The molecule has 1 heterocycles. The highest BCUT2D eigenvalue weighted by Crippen LogP contribution is 2.44. The van der Waals surface area contributed by atoms with Gasteiger partial charge in [-0.15, -0.1) is 0 Å². The maximum Gasteiger partial charge on any atom is 0.308 e. The van der Waals surface area contributed by atoms with E-state index in [4.69, 9.17) is 14.7 Å². The highest BCUT2D eigenvalue weighted by Gasteiger charge is 2.47. The first kappa shape index (κ1) is 24.2. The highest BCUT2D eigenvalue weighted by atomic mass is 16.5. The molecule has 1 atom stereocenters. The first-order chi connectivity index (χ1) is 17.2. The fourth-order valence-electron chi connectivity index (χ4n) is 4.18. The number of methoxy groups -OCH3 is 1. The molecule has 1 aliphatic rings. The molecule has 180 valence electrons. The summed E-state index contributed by atoms with van der Waals surface area (Å²) >= 11 is 0. The number of carbonyl (C=O) groups is 3. The van der Waals surface area contributed by atoms with Gasteiger partial charge in [-0.05, 0) is 61.0 Å². The van der Waals surface area contributed by atoms with Crippen LogP contribution < -0.4 is 14.4 Å². The Hall–Kier alpha value is -4.90. The zero-order valence-electron chi connectivity index (χ0n) is 19.8. The third kappa shape index (κ3) is 4.42. The summed E-state index contributed by atoms with van der Waals surface area (Å²) in [6.07, 6.45) is 0. The van der Waals surface area contributed by atoms with Gasteiger partial charge in [0.2, 0.25) is 0 Å². The topological polar surface area (TPSA) is 117 Å². The zero-order chi connectivity index (χ0) is 26.0. The molecule has 1 fully saturated rings. The van der Waals surface area contributed by atoms with E-state index in [1.807, 2.05) is 13.0 Å². The van der Waals surface area contributed by atoms with Gasteiger partial charge in [0.1, 0.15) is 17.3 Å². The van der Waals surface area contributed by atoms with Crippen LogP contribution in [-0.2, 0) is 14.4 Å². The maximum atomic E-state index is 13.4. The number of rotatable bonds is 5. The zero-order valence-corrected chi connectivity index (χ0v) is 19.8. The smallest absolute Gasteiger partial charge is 0.308 e. The molecule has 3 aromatic carbocycles. The molecule has 0 bridgehead atoms. The van der Waals surface area contributed by atoms with E-state index in [0.29, 0.717) is 22.6 Å². The number of aliphatic hydroxyl groups is 1. The SMILES string of the molecule is COc1ccc(C)cc1/C(O)=C1\C(=O)C(=O)N(c2ccc(C#N)cc2)C1c1cccc(OC(C)=O)c1. The van der Waals surface area contributed by atoms with E-state index in [9.17, 15) is 19.5 Å². The van der Waals surface area contributed by atoms with Crippen LogP contribution >= 0.6 is 0 Å². The van der Waals surface area contributed by atoms with Gasteiger partial charge in [-0.3, -0.25) is 19.3 Å². The van der Waals surface area contributed by atoms with Crippen molar-refractivity contribution in [3.05, 3.63) is 94.6 Å². The van der Waals surface area contributed by atoms with Crippen LogP contribution in [0.25, 0.3) is 5.76 Å². The Balaban J connectivity index is 1.98. The van der Waals surface area contributed by atoms with Crippen LogP contribution in [0, 0.1) is 18.3 Å². The van der Waals surface area contributed by atoms with Crippen molar-refractivity contribution in [1.82, 2.24) is 0 Å². The van der Waals surface area contributed by atoms with Crippen LogP contribution in [0.15, 0.2) is 72.3 Å². The summed E-state index contributed by atoms with van der Waals surface area (Å²) in [6, 6.07) is 18.7. The number of ether oxygens (including phenoxy) is 2. The number of hydrogen-bond acceptors (Lipinski definition) is 7. The Morgan fingerprint density at radius 3 is 2.42 bits per heavy atom. The molecule has 1 aliphatic heterocycles. The van der Waals surface area contributed by atoms with Gasteiger partial charge < -0.3 is 14.6 Å². The molecule has 36 heavy (non-hydrogen) atoms. The van der Waals surface area contributed by atoms with E-state index < -0.39 is 29.5 Å². The quantitative estimate of drug-likeness (QED) is 0.188. The third-order valence-electron chi connectivity index (χ3n) is 5.76. The van der Waals surface area contributed by atoms with Crippen LogP contribution in [0.3, 0.4) is 0 Å². The van der Waals surface area contributed by atoms with E-state index in [1.165, 1.54) is 37.1 Å². The number of carbonyl (C=O) groups excluding carboxylic acids is 3. The van der Waals surface area contributed by atoms with Crippen molar-refractivity contribution in [2.75, 3.05) is 12.0 Å². The molecule has 0 spiro atoms. The summed E-state index contributed by atoms with van der Waals surface area (Å²) < 4.78 is 10.6. The van der Waals surface area contributed by atoms with Crippen molar-refractivity contribution in [3.8, 4) is 17.6 Å². The second kappa shape index (κ2) is 9.76. The number of benzene rings is 3.